The Morgan fingerprint density at radius 1 is 1.13 bits per heavy atom. The fourth-order valence-electron chi connectivity index (χ4n) is 4.14. The molecule has 2 aromatic carbocycles. The summed E-state index contributed by atoms with van der Waals surface area (Å²) in [6.45, 7) is 8.63. The average molecular weight is 436 g/mol. The third-order valence-corrected chi connectivity index (χ3v) is 6.52. The van der Waals surface area contributed by atoms with Gasteiger partial charge in [0.2, 0.25) is 0 Å². The van der Waals surface area contributed by atoms with Crippen LogP contribution in [0.25, 0.3) is 11.6 Å². The van der Waals surface area contributed by atoms with Crippen LogP contribution in [0.15, 0.2) is 48.2 Å². The van der Waals surface area contributed by atoms with Gasteiger partial charge < -0.3 is 10.2 Å². The van der Waals surface area contributed by atoms with E-state index in [1.54, 1.807) is 12.1 Å². The van der Waals surface area contributed by atoms with Crippen LogP contribution in [0.3, 0.4) is 0 Å². The van der Waals surface area contributed by atoms with E-state index < -0.39 is 6.03 Å². The van der Waals surface area contributed by atoms with Crippen LogP contribution >= 0.6 is 11.6 Å². The normalized spacial score (nSPS) is 18.9. The molecular formula is C25H26ClN3O2. The Morgan fingerprint density at radius 2 is 1.84 bits per heavy atom. The minimum atomic E-state index is -0.440. The predicted molar refractivity (Wildman–Crippen MR) is 126 cm³/mol. The van der Waals surface area contributed by atoms with Crippen LogP contribution in [0.1, 0.15) is 43.0 Å². The lowest BCUT2D eigenvalue weighted by atomic mass is 9.87. The lowest BCUT2D eigenvalue weighted by Gasteiger charge is -2.41. The number of likely N-dealkylation sites (N-methyl/N-ethyl adjacent to an activating group) is 1. The SMILES string of the molecule is CC1=CC(C)(C)N(C)c2cc(C)c(/C=C3/NC(=O)N(Cc4ccccc4Cl)C3=O)cc21. The third kappa shape index (κ3) is 3.74. The van der Waals surface area contributed by atoms with Crippen molar-refractivity contribution in [1.29, 1.82) is 0 Å². The van der Waals surface area contributed by atoms with Gasteiger partial charge in [-0.15, -0.1) is 0 Å². The van der Waals surface area contributed by atoms with Gasteiger partial charge in [0.25, 0.3) is 5.91 Å². The van der Waals surface area contributed by atoms with Gasteiger partial charge in [-0.2, -0.15) is 0 Å². The molecule has 2 aromatic rings. The predicted octanol–water partition coefficient (Wildman–Crippen LogP) is 5.37. The highest BCUT2D eigenvalue weighted by molar-refractivity contribution is 6.31. The van der Waals surface area contributed by atoms with Crippen LogP contribution < -0.4 is 10.2 Å². The van der Waals surface area contributed by atoms with E-state index in [9.17, 15) is 9.59 Å². The molecule has 0 aliphatic carbocycles. The number of anilines is 1. The van der Waals surface area contributed by atoms with E-state index in [0.29, 0.717) is 5.02 Å². The first-order chi connectivity index (χ1) is 14.6. The molecule has 1 fully saturated rings. The molecule has 31 heavy (non-hydrogen) atoms. The monoisotopic (exact) mass is 435 g/mol. The molecule has 0 atom stereocenters. The number of amides is 3. The summed E-state index contributed by atoms with van der Waals surface area (Å²) in [6, 6.07) is 11.0. The van der Waals surface area contributed by atoms with E-state index in [-0.39, 0.29) is 23.7 Å². The highest BCUT2D eigenvalue weighted by Crippen LogP contribution is 2.39. The Balaban J connectivity index is 1.67. The molecule has 0 saturated carbocycles. The topological polar surface area (TPSA) is 52.7 Å². The Bertz CT molecular complexity index is 1160. The number of rotatable bonds is 3. The number of urea groups is 1. The van der Waals surface area contributed by atoms with Gasteiger partial charge in [0.05, 0.1) is 12.1 Å². The largest absolute Gasteiger partial charge is 0.365 e. The fraction of sp³-hybridized carbons (Fsp3) is 0.280. The molecule has 2 heterocycles. The Labute approximate surface area is 188 Å². The van der Waals surface area contributed by atoms with Crippen molar-refractivity contribution in [3.63, 3.8) is 0 Å². The molecule has 0 unspecified atom stereocenters. The van der Waals surface area contributed by atoms with Crippen molar-refractivity contribution in [3.05, 3.63) is 75.4 Å². The van der Waals surface area contributed by atoms with Gasteiger partial charge in [-0.25, -0.2) is 4.79 Å². The molecule has 4 rings (SSSR count). The highest BCUT2D eigenvalue weighted by Gasteiger charge is 2.34. The number of halogens is 1. The van der Waals surface area contributed by atoms with Crippen LogP contribution in [-0.4, -0.2) is 29.4 Å². The second-order valence-corrected chi connectivity index (χ2v) is 9.14. The molecule has 1 N–H and O–H groups in total. The van der Waals surface area contributed by atoms with Gasteiger partial charge in [-0.05, 0) is 74.2 Å². The maximum atomic E-state index is 12.9. The van der Waals surface area contributed by atoms with Crippen molar-refractivity contribution < 1.29 is 9.59 Å². The maximum absolute atomic E-state index is 12.9. The first-order valence-corrected chi connectivity index (χ1v) is 10.6. The van der Waals surface area contributed by atoms with Gasteiger partial charge in [0, 0.05) is 23.3 Å². The summed E-state index contributed by atoms with van der Waals surface area (Å²) >= 11 is 6.20. The third-order valence-electron chi connectivity index (χ3n) is 6.15. The number of aryl methyl sites for hydroxylation is 1. The van der Waals surface area contributed by atoms with Crippen LogP contribution in [0.5, 0.6) is 0 Å². The second kappa shape index (κ2) is 7.57. The van der Waals surface area contributed by atoms with Crippen molar-refractivity contribution in [2.75, 3.05) is 11.9 Å². The molecule has 6 heteroatoms. The molecule has 1 saturated heterocycles. The molecule has 2 aliphatic heterocycles. The summed E-state index contributed by atoms with van der Waals surface area (Å²) in [5.41, 5.74) is 6.35. The second-order valence-electron chi connectivity index (χ2n) is 8.74. The molecule has 0 aromatic heterocycles. The zero-order chi connectivity index (χ0) is 22.5. The number of carbonyl (C=O) groups excluding carboxylic acids is 2. The van der Waals surface area contributed by atoms with Crippen molar-refractivity contribution in [2.24, 2.45) is 0 Å². The maximum Gasteiger partial charge on any atom is 0.329 e. The molecule has 160 valence electrons. The minimum Gasteiger partial charge on any atom is -0.365 e. The standard InChI is InChI=1S/C25H26ClN3O2/c1-15-10-22-19(16(2)13-25(3,4)28(22)5)11-18(15)12-21-23(30)29(24(31)27-21)14-17-8-6-7-9-20(17)26/h6-13H,14H2,1-5H3,(H,27,31)/b21-12+. The Hall–Kier alpha value is -3.05. The van der Waals surface area contributed by atoms with Gasteiger partial charge in [-0.3, -0.25) is 9.69 Å². The molecule has 5 nitrogen and oxygen atoms in total. The molecule has 0 radical (unpaired) electrons. The number of benzene rings is 2. The van der Waals surface area contributed by atoms with Crippen LogP contribution in [-0.2, 0) is 11.3 Å². The summed E-state index contributed by atoms with van der Waals surface area (Å²) in [5.74, 6) is -0.354. The Kier molecular flexibility index (Phi) is 5.18. The lowest BCUT2D eigenvalue weighted by molar-refractivity contribution is -0.123. The number of imide groups is 1. The van der Waals surface area contributed by atoms with E-state index in [1.165, 1.54) is 10.5 Å². The van der Waals surface area contributed by atoms with Gasteiger partial charge in [-0.1, -0.05) is 35.9 Å². The van der Waals surface area contributed by atoms with E-state index >= 15 is 0 Å². The number of nitrogens with one attached hydrogen (secondary N) is 1. The zero-order valence-corrected chi connectivity index (χ0v) is 19.2. The van der Waals surface area contributed by atoms with Crippen molar-refractivity contribution >= 4 is 40.9 Å². The summed E-state index contributed by atoms with van der Waals surface area (Å²) in [7, 11) is 2.09. The molecule has 2 aliphatic rings. The van der Waals surface area contributed by atoms with Crippen molar-refractivity contribution in [3.8, 4) is 0 Å². The summed E-state index contributed by atoms with van der Waals surface area (Å²) in [5, 5.41) is 3.24. The minimum absolute atomic E-state index is 0.0713. The molecule has 0 bridgehead atoms. The van der Waals surface area contributed by atoms with Gasteiger partial charge in [0.15, 0.2) is 0 Å². The zero-order valence-electron chi connectivity index (χ0n) is 18.4. The highest BCUT2D eigenvalue weighted by atomic mass is 35.5. The van der Waals surface area contributed by atoms with Gasteiger partial charge in [0.1, 0.15) is 5.70 Å². The first-order valence-electron chi connectivity index (χ1n) is 10.2. The van der Waals surface area contributed by atoms with E-state index in [4.69, 9.17) is 11.6 Å². The molecular weight excluding hydrogens is 410 g/mol. The first kappa shape index (κ1) is 21.2. The number of allylic oxidation sites excluding steroid dienone is 1. The van der Waals surface area contributed by atoms with Crippen LogP contribution in [0, 0.1) is 6.92 Å². The lowest BCUT2D eigenvalue weighted by Crippen LogP contribution is -2.42. The molecule has 0 spiro atoms. The number of carbonyl (C=O) groups is 2. The van der Waals surface area contributed by atoms with Gasteiger partial charge >= 0.3 is 6.03 Å². The van der Waals surface area contributed by atoms with Crippen molar-refractivity contribution in [1.82, 2.24) is 10.2 Å². The smallest absolute Gasteiger partial charge is 0.329 e. The number of hydrogen-bond donors (Lipinski definition) is 1. The quantitative estimate of drug-likeness (QED) is 0.520. The fourth-order valence-corrected chi connectivity index (χ4v) is 4.34. The van der Waals surface area contributed by atoms with E-state index in [1.807, 2.05) is 25.1 Å². The molecule has 3 amide bonds. The van der Waals surface area contributed by atoms with E-state index in [2.05, 4.69) is 56.2 Å². The van der Waals surface area contributed by atoms with Crippen LogP contribution in [0.4, 0.5) is 10.5 Å². The summed E-state index contributed by atoms with van der Waals surface area (Å²) in [4.78, 5) is 28.9. The average Bonchev–Trinajstić information content (AvgIpc) is 2.96. The Morgan fingerprint density at radius 3 is 2.55 bits per heavy atom. The van der Waals surface area contributed by atoms with E-state index in [0.717, 1.165) is 27.9 Å². The van der Waals surface area contributed by atoms with Crippen LogP contribution in [0.2, 0.25) is 5.02 Å². The number of fused-ring (bicyclic) bond motifs is 1. The number of hydrogen-bond acceptors (Lipinski definition) is 3. The van der Waals surface area contributed by atoms with Crippen molar-refractivity contribution in [2.45, 2.75) is 39.8 Å². The summed E-state index contributed by atoms with van der Waals surface area (Å²) < 4.78 is 0. The number of nitrogens with zero attached hydrogens (tertiary/aromatic N) is 2. The summed E-state index contributed by atoms with van der Waals surface area (Å²) in [6.07, 6.45) is 4.00.